The number of benzene rings is 2. The van der Waals surface area contributed by atoms with Crippen molar-refractivity contribution in [2.75, 3.05) is 6.54 Å². The second kappa shape index (κ2) is 8.84. The minimum Gasteiger partial charge on any atom is -0.370 e. The molecule has 24 heavy (non-hydrogen) atoms. The highest BCUT2D eigenvalue weighted by Crippen LogP contribution is 2.09. The van der Waals surface area contributed by atoms with Gasteiger partial charge in [0.2, 0.25) is 11.8 Å². The van der Waals surface area contributed by atoms with Crippen LogP contribution in [0.15, 0.2) is 60.7 Å². The molecule has 0 aliphatic carbocycles. The van der Waals surface area contributed by atoms with Crippen LogP contribution in [-0.4, -0.2) is 29.3 Å². The first kappa shape index (κ1) is 17.7. The average Bonchev–Trinajstić information content (AvgIpc) is 2.59. The van der Waals surface area contributed by atoms with Crippen LogP contribution in [0.4, 0.5) is 0 Å². The van der Waals surface area contributed by atoms with Crippen molar-refractivity contribution < 1.29 is 9.59 Å². The van der Waals surface area contributed by atoms with Gasteiger partial charge in [-0.15, -0.1) is 0 Å². The van der Waals surface area contributed by atoms with Crippen LogP contribution in [0.25, 0.3) is 0 Å². The first-order chi connectivity index (χ1) is 11.6. The summed E-state index contributed by atoms with van der Waals surface area (Å²) in [5.74, 6) is -0.610. The summed E-state index contributed by atoms with van der Waals surface area (Å²) in [6.07, 6.45) is 0.582. The topological polar surface area (TPSA) is 89.4 Å². The molecule has 0 saturated heterocycles. The van der Waals surface area contributed by atoms with Gasteiger partial charge in [0, 0.05) is 19.5 Å². The van der Waals surface area contributed by atoms with Crippen molar-refractivity contribution in [3.05, 3.63) is 71.8 Å². The maximum Gasteiger partial charge on any atom is 0.240 e. The van der Waals surface area contributed by atoms with Crippen LogP contribution in [0.1, 0.15) is 17.5 Å². The third kappa shape index (κ3) is 5.52. The summed E-state index contributed by atoms with van der Waals surface area (Å²) in [4.78, 5) is 25.4. The molecule has 0 spiro atoms. The minimum atomic E-state index is -0.649. The fraction of sp³-hybridized carbons (Fsp3) is 0.263. The summed E-state index contributed by atoms with van der Waals surface area (Å²) in [6.45, 7) is 0.682. The molecule has 0 aromatic heterocycles. The van der Waals surface area contributed by atoms with E-state index in [0.29, 0.717) is 13.0 Å². The number of primary amides is 1. The first-order valence-electron chi connectivity index (χ1n) is 7.97. The molecule has 1 atom stereocenters. The van der Waals surface area contributed by atoms with Gasteiger partial charge in [-0.25, -0.2) is 0 Å². The molecule has 0 bridgehead atoms. The van der Waals surface area contributed by atoms with Gasteiger partial charge >= 0.3 is 0 Å². The second-order valence-electron chi connectivity index (χ2n) is 5.76. The van der Waals surface area contributed by atoms with E-state index in [1.807, 2.05) is 60.7 Å². The van der Waals surface area contributed by atoms with Gasteiger partial charge in [0.25, 0.3) is 0 Å². The monoisotopic (exact) mass is 325 g/mol. The Bertz CT molecular complexity index is 659. The molecule has 2 aromatic rings. The highest BCUT2D eigenvalue weighted by atomic mass is 16.2. The summed E-state index contributed by atoms with van der Waals surface area (Å²) < 4.78 is 0. The van der Waals surface area contributed by atoms with Gasteiger partial charge in [-0.3, -0.25) is 9.59 Å². The fourth-order valence-electron chi connectivity index (χ4n) is 2.51. The Morgan fingerprint density at radius 2 is 1.46 bits per heavy atom. The van der Waals surface area contributed by atoms with Crippen LogP contribution in [0.3, 0.4) is 0 Å². The van der Waals surface area contributed by atoms with E-state index >= 15 is 0 Å². The first-order valence-corrected chi connectivity index (χ1v) is 7.97. The van der Waals surface area contributed by atoms with Gasteiger partial charge in [0.15, 0.2) is 0 Å². The predicted octanol–water partition coefficient (Wildman–Crippen LogP) is 1.46. The van der Waals surface area contributed by atoms with Crippen LogP contribution in [-0.2, 0) is 22.6 Å². The molecule has 4 N–H and O–H groups in total. The molecule has 1 unspecified atom stereocenters. The van der Waals surface area contributed by atoms with Crippen LogP contribution in [0, 0.1) is 0 Å². The van der Waals surface area contributed by atoms with E-state index in [-0.39, 0.29) is 18.9 Å². The number of hydrogen-bond acceptors (Lipinski definition) is 3. The standard InChI is InChI=1S/C19H23N3O2/c20-17(13-15-7-3-1-4-8-15)19(24)22(12-11-18(21)23)14-16-9-5-2-6-10-16/h1-10,17H,11-14,20H2,(H2,21,23). The van der Waals surface area contributed by atoms with Crippen LogP contribution < -0.4 is 11.5 Å². The Labute approximate surface area is 142 Å². The molecule has 0 heterocycles. The largest absolute Gasteiger partial charge is 0.370 e. The summed E-state index contributed by atoms with van der Waals surface area (Å²) in [6, 6.07) is 18.6. The zero-order chi connectivity index (χ0) is 17.4. The maximum absolute atomic E-state index is 12.7. The molecular formula is C19H23N3O2. The summed E-state index contributed by atoms with van der Waals surface area (Å²) >= 11 is 0. The van der Waals surface area contributed by atoms with Crippen molar-refractivity contribution in [1.29, 1.82) is 0 Å². The molecule has 2 rings (SSSR count). The average molecular weight is 325 g/mol. The molecule has 0 radical (unpaired) electrons. The molecule has 5 nitrogen and oxygen atoms in total. The fourth-order valence-corrected chi connectivity index (χ4v) is 2.51. The third-order valence-electron chi connectivity index (χ3n) is 3.77. The quantitative estimate of drug-likeness (QED) is 0.770. The molecule has 0 aliphatic rings. The Kier molecular flexibility index (Phi) is 6.51. The van der Waals surface area contributed by atoms with Gasteiger partial charge in [0.1, 0.15) is 0 Å². The number of carbonyl (C=O) groups is 2. The van der Waals surface area contributed by atoms with Gasteiger partial charge in [-0.1, -0.05) is 60.7 Å². The van der Waals surface area contributed by atoms with Crippen LogP contribution in [0.5, 0.6) is 0 Å². The normalized spacial score (nSPS) is 11.7. The Morgan fingerprint density at radius 1 is 0.917 bits per heavy atom. The van der Waals surface area contributed by atoms with Crippen molar-refractivity contribution in [3.8, 4) is 0 Å². The summed E-state index contributed by atoms with van der Waals surface area (Å²) in [5.41, 5.74) is 13.3. The lowest BCUT2D eigenvalue weighted by Gasteiger charge is -2.25. The predicted molar refractivity (Wildman–Crippen MR) is 93.8 cm³/mol. The zero-order valence-electron chi connectivity index (χ0n) is 13.6. The lowest BCUT2D eigenvalue weighted by molar-refractivity contribution is -0.133. The molecule has 126 valence electrons. The number of nitrogens with zero attached hydrogens (tertiary/aromatic N) is 1. The molecule has 2 amide bonds. The van der Waals surface area contributed by atoms with Gasteiger partial charge in [0.05, 0.1) is 6.04 Å². The Morgan fingerprint density at radius 3 is 2.00 bits per heavy atom. The maximum atomic E-state index is 12.7. The number of hydrogen-bond donors (Lipinski definition) is 2. The van der Waals surface area contributed by atoms with Gasteiger partial charge < -0.3 is 16.4 Å². The van der Waals surface area contributed by atoms with Crippen molar-refractivity contribution >= 4 is 11.8 Å². The van der Waals surface area contributed by atoms with Crippen molar-refractivity contribution in [2.45, 2.75) is 25.4 Å². The number of rotatable bonds is 8. The van der Waals surface area contributed by atoms with E-state index in [2.05, 4.69) is 0 Å². The van der Waals surface area contributed by atoms with Crippen LogP contribution >= 0.6 is 0 Å². The van der Waals surface area contributed by atoms with Crippen molar-refractivity contribution in [3.63, 3.8) is 0 Å². The summed E-state index contributed by atoms with van der Waals surface area (Å²) in [7, 11) is 0. The van der Waals surface area contributed by atoms with Gasteiger partial charge in [-0.2, -0.15) is 0 Å². The smallest absolute Gasteiger partial charge is 0.240 e. The Hall–Kier alpha value is -2.66. The number of nitrogens with two attached hydrogens (primary N) is 2. The summed E-state index contributed by atoms with van der Waals surface area (Å²) in [5, 5.41) is 0. The van der Waals surface area contributed by atoms with E-state index < -0.39 is 11.9 Å². The highest BCUT2D eigenvalue weighted by molar-refractivity contribution is 5.82. The zero-order valence-corrected chi connectivity index (χ0v) is 13.6. The van der Waals surface area contributed by atoms with E-state index in [1.54, 1.807) is 4.90 Å². The molecule has 0 aliphatic heterocycles. The molecular weight excluding hydrogens is 302 g/mol. The van der Waals surface area contributed by atoms with E-state index in [9.17, 15) is 9.59 Å². The molecule has 5 heteroatoms. The van der Waals surface area contributed by atoms with Crippen molar-refractivity contribution in [1.82, 2.24) is 4.90 Å². The Balaban J connectivity index is 2.06. The van der Waals surface area contributed by atoms with Gasteiger partial charge in [-0.05, 0) is 17.5 Å². The van der Waals surface area contributed by atoms with Crippen LogP contribution in [0.2, 0.25) is 0 Å². The minimum absolute atomic E-state index is 0.122. The SMILES string of the molecule is NC(=O)CCN(Cc1ccccc1)C(=O)C(N)Cc1ccccc1. The van der Waals surface area contributed by atoms with E-state index in [1.165, 1.54) is 0 Å². The number of amides is 2. The number of carbonyl (C=O) groups excluding carboxylic acids is 2. The highest BCUT2D eigenvalue weighted by Gasteiger charge is 2.21. The lowest BCUT2D eigenvalue weighted by atomic mass is 10.0. The molecule has 0 saturated carbocycles. The third-order valence-corrected chi connectivity index (χ3v) is 3.77. The van der Waals surface area contributed by atoms with E-state index in [4.69, 9.17) is 11.5 Å². The molecule has 2 aromatic carbocycles. The second-order valence-corrected chi connectivity index (χ2v) is 5.76. The molecule has 0 fully saturated rings. The van der Waals surface area contributed by atoms with Crippen molar-refractivity contribution in [2.24, 2.45) is 11.5 Å². The van der Waals surface area contributed by atoms with E-state index in [0.717, 1.165) is 11.1 Å². The lowest BCUT2D eigenvalue weighted by Crippen LogP contribution is -2.45.